The molecule has 1 aliphatic rings. The molecule has 7 heteroatoms. The molecule has 1 aromatic rings. The van der Waals surface area contributed by atoms with Gasteiger partial charge in [0.25, 0.3) is 0 Å². The lowest BCUT2D eigenvalue weighted by Crippen LogP contribution is -2.38. The van der Waals surface area contributed by atoms with Crippen LogP contribution in [-0.2, 0) is 16.4 Å². The highest BCUT2D eigenvalue weighted by molar-refractivity contribution is 7.91. The van der Waals surface area contributed by atoms with Gasteiger partial charge in [-0.3, -0.25) is 0 Å². The van der Waals surface area contributed by atoms with Crippen LogP contribution in [0.5, 0.6) is 0 Å². The molecule has 1 aromatic heterocycles. The minimum atomic E-state index is -3.36. The molecular formula is C14H25N3O2S2. The van der Waals surface area contributed by atoms with E-state index in [0.29, 0.717) is 23.2 Å². The summed E-state index contributed by atoms with van der Waals surface area (Å²) in [7, 11) is -3.36. The van der Waals surface area contributed by atoms with E-state index in [1.165, 1.54) is 11.3 Å². The maximum absolute atomic E-state index is 12.3. The number of rotatable bonds is 7. The quantitative estimate of drug-likeness (QED) is 0.789. The number of likely N-dealkylation sites (tertiary alicyclic amines) is 1. The predicted molar refractivity (Wildman–Crippen MR) is 87.1 cm³/mol. The highest BCUT2D eigenvalue weighted by Gasteiger charge is 2.22. The van der Waals surface area contributed by atoms with E-state index in [4.69, 9.17) is 5.73 Å². The molecule has 1 saturated heterocycles. The molecule has 2 heterocycles. The van der Waals surface area contributed by atoms with Gasteiger partial charge < -0.3 is 10.6 Å². The summed E-state index contributed by atoms with van der Waals surface area (Å²) in [6.07, 6.45) is 2.87. The Balaban J connectivity index is 1.86. The molecule has 0 amide bonds. The predicted octanol–water partition coefficient (Wildman–Crippen LogP) is 1.26. The average molecular weight is 332 g/mol. The summed E-state index contributed by atoms with van der Waals surface area (Å²) in [4.78, 5) is 3.43. The summed E-state index contributed by atoms with van der Waals surface area (Å²) in [6.45, 7) is 6.48. The molecule has 1 fully saturated rings. The van der Waals surface area contributed by atoms with E-state index in [0.717, 1.165) is 43.8 Å². The van der Waals surface area contributed by atoms with Gasteiger partial charge in [-0.25, -0.2) is 13.1 Å². The van der Waals surface area contributed by atoms with Gasteiger partial charge in [0.05, 0.1) is 0 Å². The van der Waals surface area contributed by atoms with Crippen LogP contribution in [0.1, 0.15) is 24.6 Å². The Hall–Kier alpha value is -0.470. The Kier molecular flexibility index (Phi) is 6.19. The zero-order valence-electron chi connectivity index (χ0n) is 12.5. The molecule has 3 N–H and O–H groups in total. The van der Waals surface area contributed by atoms with Crippen molar-refractivity contribution in [3.63, 3.8) is 0 Å². The molecule has 0 spiro atoms. The highest BCUT2D eigenvalue weighted by atomic mass is 32.2. The van der Waals surface area contributed by atoms with Gasteiger partial charge >= 0.3 is 0 Å². The third-order valence-corrected chi connectivity index (χ3v) is 7.07. The van der Waals surface area contributed by atoms with Crippen molar-refractivity contribution in [2.75, 3.05) is 32.7 Å². The van der Waals surface area contributed by atoms with Crippen LogP contribution in [0, 0.1) is 5.92 Å². The molecule has 0 aliphatic carbocycles. The number of hydrogen-bond donors (Lipinski definition) is 2. The first-order valence-electron chi connectivity index (χ1n) is 7.56. The van der Waals surface area contributed by atoms with Crippen molar-refractivity contribution in [3.05, 3.63) is 17.0 Å². The zero-order valence-corrected chi connectivity index (χ0v) is 14.2. The molecule has 0 bridgehead atoms. The molecule has 0 atom stereocenters. The molecule has 0 saturated carbocycles. The number of nitrogens with two attached hydrogens (primary N) is 1. The first-order valence-corrected chi connectivity index (χ1v) is 9.86. The van der Waals surface area contributed by atoms with Crippen molar-refractivity contribution in [1.82, 2.24) is 9.62 Å². The van der Waals surface area contributed by atoms with E-state index >= 15 is 0 Å². The van der Waals surface area contributed by atoms with Crippen LogP contribution < -0.4 is 10.5 Å². The summed E-state index contributed by atoms with van der Waals surface area (Å²) >= 11 is 1.32. The standard InChI is InChI=1S/C14H25N3O2S2/c1-2-17-9-6-12(7-10-17)11-16-21(18,19)14-4-3-13(20-14)5-8-15/h3-4,12,16H,2,5-11,15H2,1H3. The number of sulfonamides is 1. The molecule has 2 rings (SSSR count). The number of piperidine rings is 1. The van der Waals surface area contributed by atoms with E-state index in [-0.39, 0.29) is 0 Å². The summed E-state index contributed by atoms with van der Waals surface area (Å²) in [5.41, 5.74) is 5.50. The van der Waals surface area contributed by atoms with Gasteiger partial charge in [-0.1, -0.05) is 6.92 Å². The third-order valence-electron chi connectivity index (χ3n) is 4.01. The Morgan fingerprint density at radius 2 is 2.10 bits per heavy atom. The fraction of sp³-hybridized carbons (Fsp3) is 0.714. The Bertz CT molecular complexity index is 534. The smallest absolute Gasteiger partial charge is 0.250 e. The number of thiophene rings is 1. The molecule has 0 aromatic carbocycles. The number of nitrogens with zero attached hydrogens (tertiary/aromatic N) is 1. The average Bonchev–Trinajstić information content (AvgIpc) is 2.96. The second-order valence-corrected chi connectivity index (χ2v) is 8.65. The van der Waals surface area contributed by atoms with Crippen molar-refractivity contribution in [3.8, 4) is 0 Å². The fourth-order valence-electron chi connectivity index (χ4n) is 2.58. The Labute approximate surface area is 131 Å². The van der Waals surface area contributed by atoms with Crippen LogP contribution in [0.25, 0.3) is 0 Å². The van der Waals surface area contributed by atoms with Gasteiger partial charge in [-0.15, -0.1) is 11.3 Å². The second-order valence-electron chi connectivity index (χ2n) is 5.49. The van der Waals surface area contributed by atoms with Crippen LogP contribution in [0.15, 0.2) is 16.3 Å². The third kappa shape index (κ3) is 4.75. The van der Waals surface area contributed by atoms with Gasteiger partial charge in [-0.05, 0) is 63.5 Å². The maximum Gasteiger partial charge on any atom is 0.250 e. The SMILES string of the molecule is CCN1CCC(CNS(=O)(=O)c2ccc(CCN)s2)CC1. The van der Waals surface area contributed by atoms with Crippen molar-refractivity contribution < 1.29 is 8.42 Å². The molecule has 5 nitrogen and oxygen atoms in total. The monoisotopic (exact) mass is 331 g/mol. The minimum Gasteiger partial charge on any atom is -0.330 e. The second kappa shape index (κ2) is 7.69. The lowest BCUT2D eigenvalue weighted by Gasteiger charge is -2.30. The van der Waals surface area contributed by atoms with E-state index in [2.05, 4.69) is 16.5 Å². The molecular weight excluding hydrogens is 306 g/mol. The van der Waals surface area contributed by atoms with E-state index in [9.17, 15) is 8.42 Å². The van der Waals surface area contributed by atoms with E-state index < -0.39 is 10.0 Å². The van der Waals surface area contributed by atoms with Gasteiger partial charge in [0.15, 0.2) is 0 Å². The molecule has 0 unspecified atom stereocenters. The zero-order chi connectivity index (χ0) is 15.3. The van der Waals surface area contributed by atoms with Crippen molar-refractivity contribution in [2.24, 2.45) is 11.7 Å². The van der Waals surface area contributed by atoms with Crippen molar-refractivity contribution in [1.29, 1.82) is 0 Å². The van der Waals surface area contributed by atoms with Crippen molar-refractivity contribution >= 4 is 21.4 Å². The molecule has 1 aliphatic heterocycles. The van der Waals surface area contributed by atoms with Gasteiger partial charge in [0.1, 0.15) is 4.21 Å². The lowest BCUT2D eigenvalue weighted by atomic mass is 9.97. The highest BCUT2D eigenvalue weighted by Crippen LogP contribution is 2.22. The first-order chi connectivity index (χ1) is 10.0. The van der Waals surface area contributed by atoms with Gasteiger partial charge in [0.2, 0.25) is 10.0 Å². The fourth-order valence-corrected chi connectivity index (χ4v) is 5.12. The normalized spacial score (nSPS) is 18.2. The molecule has 21 heavy (non-hydrogen) atoms. The number of nitrogens with one attached hydrogen (secondary N) is 1. The van der Waals surface area contributed by atoms with E-state index in [1.807, 2.05) is 6.07 Å². The van der Waals surface area contributed by atoms with Crippen LogP contribution in [-0.4, -0.2) is 46.0 Å². The largest absolute Gasteiger partial charge is 0.330 e. The number of hydrogen-bond acceptors (Lipinski definition) is 5. The summed E-state index contributed by atoms with van der Waals surface area (Å²) in [5.74, 6) is 0.450. The minimum absolute atomic E-state index is 0.400. The van der Waals surface area contributed by atoms with Crippen molar-refractivity contribution in [2.45, 2.75) is 30.4 Å². The van der Waals surface area contributed by atoms with Gasteiger partial charge in [0, 0.05) is 11.4 Å². The topological polar surface area (TPSA) is 75.4 Å². The van der Waals surface area contributed by atoms with Crippen LogP contribution >= 0.6 is 11.3 Å². The Morgan fingerprint density at radius 1 is 1.38 bits per heavy atom. The maximum atomic E-state index is 12.3. The van der Waals surface area contributed by atoms with Gasteiger partial charge in [-0.2, -0.15) is 0 Å². The van der Waals surface area contributed by atoms with Crippen LogP contribution in [0.4, 0.5) is 0 Å². The lowest BCUT2D eigenvalue weighted by molar-refractivity contribution is 0.194. The van der Waals surface area contributed by atoms with Crippen LogP contribution in [0.3, 0.4) is 0 Å². The molecule has 0 radical (unpaired) electrons. The summed E-state index contributed by atoms with van der Waals surface area (Å²) in [6, 6.07) is 3.53. The Morgan fingerprint density at radius 3 is 2.71 bits per heavy atom. The molecule has 120 valence electrons. The summed E-state index contributed by atoms with van der Waals surface area (Å²) < 4.78 is 27.7. The van der Waals surface area contributed by atoms with Crippen LogP contribution in [0.2, 0.25) is 0 Å². The summed E-state index contributed by atoms with van der Waals surface area (Å²) in [5, 5.41) is 0. The first kappa shape index (κ1) is 16.9. The van der Waals surface area contributed by atoms with E-state index in [1.54, 1.807) is 6.07 Å².